The Morgan fingerprint density at radius 1 is 1.35 bits per heavy atom. The van der Waals surface area contributed by atoms with E-state index in [0.29, 0.717) is 26.1 Å². The largest absolute Gasteiger partial charge is 0.379 e. The fourth-order valence-corrected chi connectivity index (χ4v) is 2.15. The highest BCUT2D eigenvalue weighted by molar-refractivity contribution is 5.88. The fraction of sp³-hybridized carbons (Fsp3) is 0.500. The molecule has 1 unspecified atom stereocenters. The summed E-state index contributed by atoms with van der Waals surface area (Å²) in [7, 11) is 0. The molecular formula is C14H19NO2. The van der Waals surface area contributed by atoms with E-state index < -0.39 is 5.54 Å². The van der Waals surface area contributed by atoms with Crippen molar-refractivity contribution >= 4 is 5.78 Å². The predicted octanol–water partition coefficient (Wildman–Crippen LogP) is 1.70. The molecule has 92 valence electrons. The Hall–Kier alpha value is -1.19. The maximum absolute atomic E-state index is 12.0. The van der Waals surface area contributed by atoms with Crippen LogP contribution >= 0.6 is 0 Å². The molecular weight excluding hydrogens is 214 g/mol. The van der Waals surface area contributed by atoms with Crippen molar-refractivity contribution in [1.82, 2.24) is 0 Å². The fourth-order valence-electron chi connectivity index (χ4n) is 2.15. The first-order chi connectivity index (χ1) is 8.21. The van der Waals surface area contributed by atoms with Crippen LogP contribution in [0.5, 0.6) is 0 Å². The maximum Gasteiger partial charge on any atom is 0.155 e. The van der Waals surface area contributed by atoms with Gasteiger partial charge in [-0.1, -0.05) is 30.3 Å². The van der Waals surface area contributed by atoms with Crippen molar-refractivity contribution in [3.8, 4) is 0 Å². The summed E-state index contributed by atoms with van der Waals surface area (Å²) in [6, 6.07) is 10.2. The minimum atomic E-state index is -0.712. The van der Waals surface area contributed by atoms with Crippen molar-refractivity contribution < 1.29 is 9.53 Å². The highest BCUT2D eigenvalue weighted by Gasteiger charge is 2.37. The molecule has 0 radical (unpaired) electrons. The zero-order valence-electron chi connectivity index (χ0n) is 10.0. The molecule has 1 aromatic rings. The summed E-state index contributed by atoms with van der Waals surface area (Å²) >= 11 is 0. The van der Waals surface area contributed by atoms with Crippen LogP contribution in [0.15, 0.2) is 30.3 Å². The molecule has 0 aromatic heterocycles. The van der Waals surface area contributed by atoms with Crippen LogP contribution in [0, 0.1) is 0 Å². The maximum atomic E-state index is 12.0. The van der Waals surface area contributed by atoms with Gasteiger partial charge in [-0.15, -0.1) is 0 Å². The minimum Gasteiger partial charge on any atom is -0.379 e. The van der Waals surface area contributed by atoms with E-state index in [-0.39, 0.29) is 5.78 Å². The van der Waals surface area contributed by atoms with Gasteiger partial charge in [0.05, 0.1) is 6.61 Å². The summed E-state index contributed by atoms with van der Waals surface area (Å²) < 4.78 is 5.20. The van der Waals surface area contributed by atoms with Crippen LogP contribution in [-0.4, -0.2) is 24.5 Å². The van der Waals surface area contributed by atoms with Crippen molar-refractivity contribution in [3.05, 3.63) is 35.9 Å². The second kappa shape index (κ2) is 5.43. The van der Waals surface area contributed by atoms with Gasteiger partial charge >= 0.3 is 0 Å². The van der Waals surface area contributed by atoms with E-state index >= 15 is 0 Å². The first-order valence-electron chi connectivity index (χ1n) is 6.15. The van der Waals surface area contributed by atoms with Gasteiger partial charge in [-0.05, 0) is 24.8 Å². The first kappa shape index (κ1) is 12.3. The van der Waals surface area contributed by atoms with Gasteiger partial charge in [0.2, 0.25) is 0 Å². The summed E-state index contributed by atoms with van der Waals surface area (Å²) in [5.74, 6) is 0.144. The number of aryl methyl sites for hydroxylation is 1. The molecule has 0 amide bonds. The minimum absolute atomic E-state index is 0.144. The van der Waals surface area contributed by atoms with Crippen molar-refractivity contribution in [3.63, 3.8) is 0 Å². The molecule has 2 rings (SSSR count). The van der Waals surface area contributed by atoms with Gasteiger partial charge in [0.1, 0.15) is 5.54 Å². The van der Waals surface area contributed by atoms with Crippen LogP contribution in [0.25, 0.3) is 0 Å². The zero-order valence-corrected chi connectivity index (χ0v) is 10.0. The summed E-state index contributed by atoms with van der Waals surface area (Å²) in [6.07, 6.45) is 3.01. The molecule has 0 spiro atoms. The lowest BCUT2D eigenvalue weighted by molar-refractivity contribution is -0.124. The second-order valence-electron chi connectivity index (χ2n) is 4.72. The number of ether oxygens (including phenoxy) is 1. The molecule has 0 saturated carbocycles. The number of Topliss-reactive ketones (excluding diaryl/α,β-unsaturated/α-hetero) is 1. The molecule has 3 nitrogen and oxygen atoms in total. The predicted molar refractivity (Wildman–Crippen MR) is 66.7 cm³/mol. The lowest BCUT2D eigenvalue weighted by Gasteiger charge is -2.19. The number of rotatable bonds is 5. The molecule has 1 atom stereocenters. The number of carbonyl (C=O) groups excluding carboxylic acids is 1. The van der Waals surface area contributed by atoms with Crippen molar-refractivity contribution in [2.75, 3.05) is 13.2 Å². The number of hydrogen-bond acceptors (Lipinski definition) is 3. The van der Waals surface area contributed by atoms with Gasteiger partial charge in [-0.3, -0.25) is 4.79 Å². The van der Waals surface area contributed by atoms with Crippen LogP contribution in [0.3, 0.4) is 0 Å². The Labute approximate surface area is 102 Å². The second-order valence-corrected chi connectivity index (χ2v) is 4.72. The highest BCUT2D eigenvalue weighted by Crippen LogP contribution is 2.19. The summed E-state index contributed by atoms with van der Waals surface area (Å²) in [5.41, 5.74) is 6.57. The summed E-state index contributed by atoms with van der Waals surface area (Å²) in [6.45, 7) is 0.998. The molecule has 1 heterocycles. The normalized spacial score (nSPS) is 23.8. The monoisotopic (exact) mass is 233 g/mol. The molecule has 1 fully saturated rings. The Bertz CT molecular complexity index is 369. The van der Waals surface area contributed by atoms with Gasteiger partial charge in [-0.2, -0.15) is 0 Å². The lowest BCUT2D eigenvalue weighted by atomic mass is 9.90. The van der Waals surface area contributed by atoms with Crippen LogP contribution < -0.4 is 5.73 Å². The van der Waals surface area contributed by atoms with E-state index in [2.05, 4.69) is 12.1 Å². The van der Waals surface area contributed by atoms with Crippen LogP contribution in [0.4, 0.5) is 0 Å². The van der Waals surface area contributed by atoms with Crippen LogP contribution in [0.2, 0.25) is 0 Å². The third kappa shape index (κ3) is 3.14. The van der Waals surface area contributed by atoms with E-state index in [1.807, 2.05) is 18.2 Å². The molecule has 1 aliphatic heterocycles. The van der Waals surface area contributed by atoms with E-state index in [1.54, 1.807) is 0 Å². The van der Waals surface area contributed by atoms with Crippen molar-refractivity contribution in [2.45, 2.75) is 31.2 Å². The van der Waals surface area contributed by atoms with Crippen LogP contribution in [-0.2, 0) is 16.0 Å². The summed E-state index contributed by atoms with van der Waals surface area (Å²) in [4.78, 5) is 12.0. The number of ketones is 1. The van der Waals surface area contributed by atoms with Crippen LogP contribution in [0.1, 0.15) is 24.8 Å². The van der Waals surface area contributed by atoms with Crippen molar-refractivity contribution in [1.29, 1.82) is 0 Å². The number of carbonyl (C=O) groups is 1. The molecule has 17 heavy (non-hydrogen) atoms. The molecule has 0 aliphatic carbocycles. The number of nitrogens with two attached hydrogens (primary N) is 1. The topological polar surface area (TPSA) is 52.3 Å². The lowest BCUT2D eigenvalue weighted by Crippen LogP contribution is -2.48. The van der Waals surface area contributed by atoms with E-state index in [1.165, 1.54) is 5.56 Å². The standard InChI is InChI=1S/C14H19NO2/c15-14(9-10-17-11-14)13(16)8-4-7-12-5-2-1-3-6-12/h1-3,5-6H,4,7-11,15H2. The molecule has 1 saturated heterocycles. The average molecular weight is 233 g/mol. The SMILES string of the molecule is NC1(C(=O)CCCc2ccccc2)CCOC1. The molecule has 1 aliphatic rings. The smallest absolute Gasteiger partial charge is 0.155 e. The molecule has 0 bridgehead atoms. The van der Waals surface area contributed by atoms with E-state index in [9.17, 15) is 4.79 Å². The molecule has 2 N–H and O–H groups in total. The number of benzene rings is 1. The van der Waals surface area contributed by atoms with E-state index in [0.717, 1.165) is 12.8 Å². The zero-order chi connectivity index (χ0) is 12.1. The van der Waals surface area contributed by atoms with Gasteiger partial charge in [-0.25, -0.2) is 0 Å². The van der Waals surface area contributed by atoms with Gasteiger partial charge in [0.25, 0.3) is 0 Å². The Morgan fingerprint density at radius 3 is 2.76 bits per heavy atom. The Morgan fingerprint density at radius 2 is 2.12 bits per heavy atom. The van der Waals surface area contributed by atoms with Gasteiger partial charge < -0.3 is 10.5 Å². The quantitative estimate of drug-likeness (QED) is 0.842. The van der Waals surface area contributed by atoms with Crippen molar-refractivity contribution in [2.24, 2.45) is 5.73 Å². The highest BCUT2D eigenvalue weighted by atomic mass is 16.5. The summed E-state index contributed by atoms with van der Waals surface area (Å²) in [5, 5.41) is 0. The average Bonchev–Trinajstić information content (AvgIpc) is 2.79. The Balaban J connectivity index is 1.77. The third-order valence-electron chi connectivity index (χ3n) is 3.32. The van der Waals surface area contributed by atoms with Gasteiger partial charge in [0, 0.05) is 13.0 Å². The van der Waals surface area contributed by atoms with E-state index in [4.69, 9.17) is 10.5 Å². The van der Waals surface area contributed by atoms with Gasteiger partial charge in [0.15, 0.2) is 5.78 Å². The first-order valence-corrected chi connectivity index (χ1v) is 6.15. The Kier molecular flexibility index (Phi) is 3.92. The molecule has 3 heteroatoms. The molecule has 1 aromatic carbocycles. The number of hydrogen-bond donors (Lipinski definition) is 1. The third-order valence-corrected chi connectivity index (χ3v) is 3.32.